The third kappa shape index (κ3) is 11.8. The van der Waals surface area contributed by atoms with E-state index >= 15 is 0 Å². The SMILES string of the molecule is CCC(C)C(C(=O)NC(Cc1ccccc1)C(O)CN(Cc1ccc(-c2ccccn2)cc1)NC(=O)C(NC(=O)O)C(C)(C)C)N1CCN(Cc2csc(C)n2)C1=O. The molecule has 5 rings (SSSR count). The van der Waals surface area contributed by atoms with Gasteiger partial charge in [-0.25, -0.2) is 19.6 Å². The average molecular weight is 813 g/mol. The number of nitrogens with zero attached hydrogens (tertiary/aromatic N) is 5. The Kier molecular flexibility index (Phi) is 15.0. The molecular formula is C43H56N8O6S. The molecule has 58 heavy (non-hydrogen) atoms. The molecule has 4 aromatic rings. The van der Waals surface area contributed by atoms with Crippen molar-refractivity contribution in [2.45, 2.75) is 91.7 Å². The molecule has 1 saturated heterocycles. The lowest BCUT2D eigenvalue weighted by Crippen LogP contribution is -2.60. The van der Waals surface area contributed by atoms with Crippen molar-refractivity contribution in [2.75, 3.05) is 19.6 Å². The number of pyridine rings is 1. The van der Waals surface area contributed by atoms with Crippen molar-refractivity contribution in [3.63, 3.8) is 0 Å². The van der Waals surface area contributed by atoms with Crippen LogP contribution in [0.1, 0.15) is 62.9 Å². The number of aliphatic hydroxyl groups is 1. The van der Waals surface area contributed by atoms with E-state index < -0.39 is 41.6 Å². The van der Waals surface area contributed by atoms with Crippen LogP contribution < -0.4 is 16.1 Å². The first-order chi connectivity index (χ1) is 27.6. The highest BCUT2D eigenvalue weighted by Crippen LogP contribution is 2.25. The van der Waals surface area contributed by atoms with Crippen LogP contribution in [-0.4, -0.2) is 103 Å². The number of thiazole rings is 1. The smallest absolute Gasteiger partial charge is 0.405 e. The molecule has 0 saturated carbocycles. The van der Waals surface area contributed by atoms with Crippen molar-refractivity contribution in [3.05, 3.63) is 106 Å². The highest BCUT2D eigenvalue weighted by Gasteiger charge is 2.41. The van der Waals surface area contributed by atoms with E-state index in [0.29, 0.717) is 26.1 Å². The first-order valence-corrected chi connectivity index (χ1v) is 20.5. The molecule has 5 N–H and O–H groups in total. The zero-order chi connectivity index (χ0) is 42.0. The van der Waals surface area contributed by atoms with Gasteiger partial charge in [0.25, 0.3) is 5.91 Å². The highest BCUT2D eigenvalue weighted by atomic mass is 32.1. The fourth-order valence-electron chi connectivity index (χ4n) is 7.09. The van der Waals surface area contributed by atoms with Crippen LogP contribution in [0, 0.1) is 18.3 Å². The van der Waals surface area contributed by atoms with Crippen LogP contribution in [-0.2, 0) is 29.1 Å². The van der Waals surface area contributed by atoms with E-state index in [1.54, 1.807) is 41.8 Å². The minimum Gasteiger partial charge on any atom is -0.465 e. The number of carboxylic acid groups (broad SMARTS) is 1. The number of aliphatic hydroxyl groups excluding tert-OH is 1. The number of nitrogens with one attached hydrogen (secondary N) is 3. The van der Waals surface area contributed by atoms with Crippen LogP contribution in [0.15, 0.2) is 84.4 Å². The molecule has 5 amide bonds. The Bertz CT molecular complexity index is 1970. The Labute approximate surface area is 344 Å². The summed E-state index contributed by atoms with van der Waals surface area (Å²) in [7, 11) is 0. The van der Waals surface area contributed by atoms with E-state index in [1.165, 1.54) is 11.3 Å². The van der Waals surface area contributed by atoms with Gasteiger partial charge in [-0.1, -0.05) is 102 Å². The third-order valence-corrected chi connectivity index (χ3v) is 11.2. The van der Waals surface area contributed by atoms with Crippen molar-refractivity contribution in [2.24, 2.45) is 11.3 Å². The Morgan fingerprint density at radius 2 is 1.66 bits per heavy atom. The van der Waals surface area contributed by atoms with E-state index in [2.05, 4.69) is 26.0 Å². The molecule has 2 aromatic heterocycles. The lowest BCUT2D eigenvalue weighted by molar-refractivity contribution is -0.132. The number of carbonyl (C=O) groups excluding carboxylic acids is 3. The number of hydrogen-bond donors (Lipinski definition) is 5. The van der Waals surface area contributed by atoms with Crippen LogP contribution in [0.25, 0.3) is 11.3 Å². The Morgan fingerprint density at radius 3 is 2.26 bits per heavy atom. The number of rotatable bonds is 18. The molecule has 15 heteroatoms. The number of amides is 5. The maximum absolute atomic E-state index is 14.5. The van der Waals surface area contributed by atoms with Crippen molar-refractivity contribution < 1.29 is 29.4 Å². The molecule has 0 bridgehead atoms. The summed E-state index contributed by atoms with van der Waals surface area (Å²) in [6.45, 7) is 12.3. The summed E-state index contributed by atoms with van der Waals surface area (Å²) in [6.07, 6.45) is 0.0459. The van der Waals surface area contributed by atoms with Crippen LogP contribution in [0.3, 0.4) is 0 Å². The zero-order valence-electron chi connectivity index (χ0n) is 34.1. The average Bonchev–Trinajstić information content (AvgIpc) is 3.77. The number of hydrazine groups is 1. The maximum atomic E-state index is 14.5. The fraction of sp³-hybridized carbons (Fsp3) is 0.442. The number of hydrogen-bond acceptors (Lipinski definition) is 9. The molecule has 0 radical (unpaired) electrons. The summed E-state index contributed by atoms with van der Waals surface area (Å²) >= 11 is 1.53. The molecule has 310 valence electrons. The van der Waals surface area contributed by atoms with Gasteiger partial charge in [0, 0.05) is 43.3 Å². The monoisotopic (exact) mass is 812 g/mol. The van der Waals surface area contributed by atoms with Crippen LogP contribution in [0.5, 0.6) is 0 Å². The Morgan fingerprint density at radius 1 is 0.948 bits per heavy atom. The number of aryl methyl sites for hydroxylation is 1. The van der Waals surface area contributed by atoms with Crippen molar-refractivity contribution in [1.82, 2.24) is 40.8 Å². The lowest BCUT2D eigenvalue weighted by atomic mass is 9.86. The topological polar surface area (TPSA) is 180 Å². The van der Waals surface area contributed by atoms with E-state index in [9.17, 15) is 29.4 Å². The summed E-state index contributed by atoms with van der Waals surface area (Å²) in [6, 6.07) is 19.8. The number of carbonyl (C=O) groups is 4. The van der Waals surface area contributed by atoms with E-state index in [0.717, 1.165) is 33.1 Å². The Hall–Kier alpha value is -5.38. The van der Waals surface area contributed by atoms with Gasteiger partial charge in [0.2, 0.25) is 5.91 Å². The van der Waals surface area contributed by atoms with Crippen molar-refractivity contribution in [3.8, 4) is 11.3 Å². The zero-order valence-corrected chi connectivity index (χ0v) is 34.9. The van der Waals surface area contributed by atoms with Crippen LogP contribution in [0.2, 0.25) is 0 Å². The largest absolute Gasteiger partial charge is 0.465 e. The van der Waals surface area contributed by atoms with Crippen molar-refractivity contribution >= 4 is 35.3 Å². The molecule has 2 aromatic carbocycles. The first-order valence-electron chi connectivity index (χ1n) is 19.7. The molecule has 1 fully saturated rings. The standard InChI is InChI=1S/C43H56N8O6S/c1-7-28(2)37(51-22-21-49(42(51)57)25-33-27-58-29(3)45-33)39(53)46-35(23-30-13-9-8-10-14-30)36(52)26-50(48-40(54)38(43(4,5)6)47-41(55)56)24-31-16-18-32(19-17-31)34-15-11-12-20-44-34/h8-20,27-28,35-38,47,52H,7,21-26H2,1-6H3,(H,46,53)(H,48,54)(H,55,56). The molecule has 1 aliphatic heterocycles. The lowest BCUT2D eigenvalue weighted by Gasteiger charge is -2.36. The predicted octanol–water partition coefficient (Wildman–Crippen LogP) is 5.47. The summed E-state index contributed by atoms with van der Waals surface area (Å²) < 4.78 is 0. The van der Waals surface area contributed by atoms with Gasteiger partial charge < -0.3 is 30.6 Å². The number of aromatic nitrogens is 2. The highest BCUT2D eigenvalue weighted by molar-refractivity contribution is 7.09. The molecular weight excluding hydrogens is 757 g/mol. The number of urea groups is 1. The van der Waals surface area contributed by atoms with Gasteiger partial charge in [-0.15, -0.1) is 11.3 Å². The van der Waals surface area contributed by atoms with Gasteiger partial charge in [-0.3, -0.25) is 20.0 Å². The molecule has 0 spiro atoms. The summed E-state index contributed by atoms with van der Waals surface area (Å²) in [5.41, 5.74) is 6.27. The van der Waals surface area contributed by atoms with E-state index in [1.807, 2.05) is 98.9 Å². The third-order valence-electron chi connectivity index (χ3n) is 10.4. The second-order valence-electron chi connectivity index (χ2n) is 16.0. The molecule has 14 nitrogen and oxygen atoms in total. The summed E-state index contributed by atoms with van der Waals surface area (Å²) in [5.74, 6) is -1.17. The van der Waals surface area contributed by atoms with Crippen LogP contribution >= 0.6 is 11.3 Å². The second-order valence-corrected chi connectivity index (χ2v) is 17.0. The molecule has 5 atom stereocenters. The second kappa shape index (κ2) is 19.9. The summed E-state index contributed by atoms with van der Waals surface area (Å²) in [4.78, 5) is 66.1. The van der Waals surface area contributed by atoms with E-state index in [-0.39, 0.29) is 37.4 Å². The van der Waals surface area contributed by atoms with E-state index in [4.69, 9.17) is 0 Å². The fourth-order valence-corrected chi connectivity index (χ4v) is 7.69. The summed E-state index contributed by atoms with van der Waals surface area (Å²) in [5, 5.41) is 31.5. The maximum Gasteiger partial charge on any atom is 0.405 e. The van der Waals surface area contributed by atoms with Gasteiger partial charge in [0.15, 0.2) is 0 Å². The minimum atomic E-state index is -1.34. The van der Waals surface area contributed by atoms with Gasteiger partial charge >= 0.3 is 12.1 Å². The molecule has 0 aliphatic carbocycles. The quantitative estimate of drug-likeness (QED) is 0.0815. The molecule has 5 unspecified atom stereocenters. The number of benzene rings is 2. The van der Waals surface area contributed by atoms with Gasteiger partial charge in [-0.05, 0) is 47.9 Å². The first kappa shape index (κ1) is 43.7. The van der Waals surface area contributed by atoms with Crippen LogP contribution in [0.4, 0.5) is 9.59 Å². The molecule has 3 heterocycles. The molecule has 1 aliphatic rings. The normalized spacial score (nSPS) is 15.8. The van der Waals surface area contributed by atoms with Gasteiger partial charge in [0.05, 0.1) is 35.1 Å². The van der Waals surface area contributed by atoms with Gasteiger partial charge in [-0.2, -0.15) is 0 Å². The van der Waals surface area contributed by atoms with Crippen molar-refractivity contribution in [1.29, 1.82) is 0 Å². The minimum absolute atomic E-state index is 0.132. The van der Waals surface area contributed by atoms with Gasteiger partial charge in [0.1, 0.15) is 12.1 Å². The Balaban J connectivity index is 1.40. The predicted molar refractivity (Wildman–Crippen MR) is 223 cm³/mol.